The fraction of sp³-hybridized carbons (Fsp3) is 0.438. The van der Waals surface area contributed by atoms with Crippen molar-refractivity contribution < 1.29 is 18.7 Å². The second-order valence-electron chi connectivity index (χ2n) is 4.68. The topological polar surface area (TPSA) is 35.5 Å². The Kier molecular flexibility index (Phi) is 5.00. The molecule has 0 spiro atoms. The summed E-state index contributed by atoms with van der Waals surface area (Å²) in [6, 6.07) is 4.24. The van der Waals surface area contributed by atoms with E-state index in [0.29, 0.717) is 30.4 Å². The van der Waals surface area contributed by atoms with Crippen molar-refractivity contribution in [3.05, 3.63) is 29.6 Å². The molecule has 1 aliphatic carbocycles. The molecule has 0 aliphatic heterocycles. The minimum Gasteiger partial charge on any atom is -0.492 e. The van der Waals surface area contributed by atoms with Gasteiger partial charge >= 0.3 is 5.97 Å². The largest absolute Gasteiger partial charge is 0.492 e. The third kappa shape index (κ3) is 4.58. The van der Waals surface area contributed by atoms with Crippen LogP contribution in [0.1, 0.15) is 31.7 Å². The number of ether oxygens (including phenoxy) is 2. The number of halogens is 1. The van der Waals surface area contributed by atoms with Crippen LogP contribution in [0, 0.1) is 23.6 Å². The molecule has 1 aromatic carbocycles. The van der Waals surface area contributed by atoms with Gasteiger partial charge in [-0.15, -0.1) is 0 Å². The van der Waals surface area contributed by atoms with Crippen LogP contribution in [-0.2, 0) is 9.53 Å². The molecule has 0 aromatic heterocycles. The summed E-state index contributed by atoms with van der Waals surface area (Å²) in [7, 11) is 0. The van der Waals surface area contributed by atoms with Crippen molar-refractivity contribution in [3.63, 3.8) is 0 Å². The normalized spacial score (nSPS) is 13.3. The quantitative estimate of drug-likeness (QED) is 0.612. The van der Waals surface area contributed by atoms with Crippen molar-refractivity contribution in [1.29, 1.82) is 0 Å². The predicted molar refractivity (Wildman–Crippen MR) is 72.7 cm³/mol. The Morgan fingerprint density at radius 1 is 1.45 bits per heavy atom. The second-order valence-corrected chi connectivity index (χ2v) is 4.68. The lowest BCUT2D eigenvalue weighted by Crippen LogP contribution is -2.02. The zero-order valence-corrected chi connectivity index (χ0v) is 11.4. The van der Waals surface area contributed by atoms with Crippen LogP contribution in [0.4, 0.5) is 4.39 Å². The van der Waals surface area contributed by atoms with Crippen molar-refractivity contribution in [2.45, 2.75) is 26.2 Å². The van der Waals surface area contributed by atoms with Gasteiger partial charge < -0.3 is 9.47 Å². The van der Waals surface area contributed by atoms with Gasteiger partial charge in [0.2, 0.25) is 0 Å². The Morgan fingerprint density at radius 2 is 2.25 bits per heavy atom. The molecule has 0 heterocycles. The molecule has 0 saturated heterocycles. The van der Waals surface area contributed by atoms with Gasteiger partial charge in [0.1, 0.15) is 18.0 Å². The van der Waals surface area contributed by atoms with Gasteiger partial charge in [0, 0.05) is 0 Å². The molecule has 4 heteroatoms. The smallest absolute Gasteiger partial charge is 0.317 e. The predicted octanol–water partition coefficient (Wildman–Crippen LogP) is 2.92. The van der Waals surface area contributed by atoms with Crippen LogP contribution < -0.4 is 4.74 Å². The van der Waals surface area contributed by atoms with Gasteiger partial charge in [0.25, 0.3) is 0 Å². The monoisotopic (exact) mass is 276 g/mol. The van der Waals surface area contributed by atoms with Gasteiger partial charge in [-0.2, -0.15) is 0 Å². The van der Waals surface area contributed by atoms with Crippen LogP contribution in [0.5, 0.6) is 5.75 Å². The number of carbonyl (C=O) groups is 1. The number of benzene rings is 1. The summed E-state index contributed by atoms with van der Waals surface area (Å²) < 4.78 is 23.7. The Bertz CT molecular complexity index is 538. The molecule has 20 heavy (non-hydrogen) atoms. The minimum atomic E-state index is -0.378. The van der Waals surface area contributed by atoms with E-state index >= 15 is 0 Å². The molecular formula is C16H17FO3. The Morgan fingerprint density at radius 3 is 2.95 bits per heavy atom. The summed E-state index contributed by atoms with van der Waals surface area (Å²) in [6.45, 7) is 2.70. The van der Waals surface area contributed by atoms with Crippen LogP contribution in [-0.4, -0.2) is 19.2 Å². The van der Waals surface area contributed by atoms with Crippen molar-refractivity contribution in [3.8, 4) is 17.6 Å². The average Bonchev–Trinajstić information content (AvgIpc) is 3.22. The third-order valence-corrected chi connectivity index (χ3v) is 2.87. The van der Waals surface area contributed by atoms with Gasteiger partial charge in [-0.3, -0.25) is 4.79 Å². The summed E-state index contributed by atoms with van der Waals surface area (Å²) >= 11 is 0. The fourth-order valence-corrected chi connectivity index (χ4v) is 1.64. The Balaban J connectivity index is 2.02. The van der Waals surface area contributed by atoms with E-state index in [1.54, 1.807) is 13.0 Å². The molecule has 0 unspecified atom stereocenters. The molecule has 106 valence electrons. The molecule has 0 N–H and O–H groups in total. The van der Waals surface area contributed by atoms with E-state index in [-0.39, 0.29) is 18.2 Å². The second kappa shape index (κ2) is 6.95. The van der Waals surface area contributed by atoms with Crippen molar-refractivity contribution >= 4 is 5.97 Å². The first kappa shape index (κ1) is 14.4. The van der Waals surface area contributed by atoms with Crippen LogP contribution in [0.3, 0.4) is 0 Å². The van der Waals surface area contributed by atoms with E-state index in [1.807, 2.05) is 0 Å². The lowest BCUT2D eigenvalue weighted by Gasteiger charge is -2.07. The van der Waals surface area contributed by atoms with Crippen LogP contribution >= 0.6 is 0 Å². The fourth-order valence-electron chi connectivity index (χ4n) is 1.64. The standard InChI is InChI=1S/C16H17FO3/c1-2-19-16(18)5-3-4-13-10-14(17)8-9-15(13)20-11-12-6-7-12/h8-10,12H,2,5-7,11H2,1H3. The maximum atomic E-state index is 13.3. The highest BCUT2D eigenvalue weighted by molar-refractivity contribution is 5.72. The first-order valence-corrected chi connectivity index (χ1v) is 6.76. The first-order chi connectivity index (χ1) is 9.69. The molecule has 0 atom stereocenters. The number of hydrogen-bond acceptors (Lipinski definition) is 3. The average molecular weight is 276 g/mol. The van der Waals surface area contributed by atoms with Gasteiger partial charge in [-0.05, 0) is 43.9 Å². The van der Waals surface area contributed by atoms with Crippen molar-refractivity contribution in [2.75, 3.05) is 13.2 Å². The highest BCUT2D eigenvalue weighted by Gasteiger charge is 2.22. The molecule has 1 aliphatic rings. The van der Waals surface area contributed by atoms with E-state index in [4.69, 9.17) is 9.47 Å². The minimum absolute atomic E-state index is 0.00752. The third-order valence-electron chi connectivity index (χ3n) is 2.87. The maximum Gasteiger partial charge on any atom is 0.317 e. The molecule has 3 nitrogen and oxygen atoms in total. The van der Waals surface area contributed by atoms with E-state index in [0.717, 1.165) is 0 Å². The first-order valence-electron chi connectivity index (χ1n) is 6.76. The summed E-state index contributed by atoms with van der Waals surface area (Å²) in [5.41, 5.74) is 0.468. The summed E-state index contributed by atoms with van der Waals surface area (Å²) in [5.74, 6) is 5.88. The maximum absolute atomic E-state index is 13.3. The summed E-state index contributed by atoms with van der Waals surface area (Å²) in [5, 5.41) is 0. The zero-order valence-electron chi connectivity index (χ0n) is 11.4. The number of hydrogen-bond donors (Lipinski definition) is 0. The van der Waals surface area contributed by atoms with Crippen molar-refractivity contribution in [1.82, 2.24) is 0 Å². The van der Waals surface area contributed by atoms with E-state index in [9.17, 15) is 9.18 Å². The summed E-state index contributed by atoms with van der Waals surface area (Å²) in [6.07, 6.45) is 2.36. The summed E-state index contributed by atoms with van der Waals surface area (Å²) in [4.78, 5) is 11.2. The van der Waals surface area contributed by atoms with Crippen molar-refractivity contribution in [2.24, 2.45) is 5.92 Å². The van der Waals surface area contributed by atoms with Crippen LogP contribution in [0.15, 0.2) is 18.2 Å². The molecule has 0 amide bonds. The van der Waals surface area contributed by atoms with Crippen LogP contribution in [0.25, 0.3) is 0 Å². The van der Waals surface area contributed by atoms with E-state index in [1.165, 1.54) is 25.0 Å². The van der Waals surface area contributed by atoms with Gasteiger partial charge in [0.15, 0.2) is 0 Å². The van der Waals surface area contributed by atoms with Crippen LogP contribution in [0.2, 0.25) is 0 Å². The SMILES string of the molecule is CCOC(=O)CC#Cc1cc(F)ccc1OCC1CC1. The Hall–Kier alpha value is -2.02. The molecule has 1 aromatic rings. The Labute approximate surface area is 118 Å². The van der Waals surface area contributed by atoms with E-state index < -0.39 is 0 Å². The zero-order chi connectivity index (χ0) is 14.4. The van der Waals surface area contributed by atoms with E-state index in [2.05, 4.69) is 11.8 Å². The molecule has 1 saturated carbocycles. The highest BCUT2D eigenvalue weighted by atomic mass is 19.1. The van der Waals surface area contributed by atoms with Gasteiger partial charge in [-0.1, -0.05) is 11.8 Å². The molecular weight excluding hydrogens is 259 g/mol. The lowest BCUT2D eigenvalue weighted by molar-refractivity contribution is -0.141. The van der Waals surface area contributed by atoms with Gasteiger partial charge in [-0.25, -0.2) is 4.39 Å². The molecule has 0 radical (unpaired) electrons. The lowest BCUT2D eigenvalue weighted by atomic mass is 10.2. The number of esters is 1. The van der Waals surface area contributed by atoms with Gasteiger partial charge in [0.05, 0.1) is 18.8 Å². The number of rotatable bonds is 5. The highest BCUT2D eigenvalue weighted by Crippen LogP contribution is 2.30. The molecule has 0 bridgehead atoms. The molecule has 1 fully saturated rings. The number of carbonyl (C=O) groups excluding carboxylic acids is 1. The molecule has 2 rings (SSSR count).